The molecular weight excluding hydrogens is 278 g/mol. The molecule has 22 heavy (non-hydrogen) atoms. The van der Waals surface area contributed by atoms with Crippen LogP contribution >= 0.6 is 0 Å². The lowest BCUT2D eigenvalue weighted by molar-refractivity contribution is -0.136. The number of hydrogen-bond acceptors (Lipinski definition) is 3. The molecule has 0 aromatic heterocycles. The Bertz CT molecular complexity index is 575. The van der Waals surface area contributed by atoms with Gasteiger partial charge in [-0.2, -0.15) is 5.10 Å². The number of carbonyl (C=O) groups excluding carboxylic acids is 2. The van der Waals surface area contributed by atoms with Crippen molar-refractivity contribution in [2.75, 3.05) is 5.32 Å². The van der Waals surface area contributed by atoms with Gasteiger partial charge in [-0.15, -0.1) is 0 Å². The highest BCUT2D eigenvalue weighted by atomic mass is 16.2. The maximum atomic E-state index is 11.9. The van der Waals surface area contributed by atoms with Crippen LogP contribution in [0.15, 0.2) is 23.3 Å². The van der Waals surface area contributed by atoms with E-state index in [1.807, 2.05) is 26.0 Å². The predicted molar refractivity (Wildman–Crippen MR) is 87.8 cm³/mol. The van der Waals surface area contributed by atoms with Crippen LogP contribution in [-0.2, 0) is 9.59 Å². The molecule has 0 aliphatic heterocycles. The number of carbonyl (C=O) groups is 2. The summed E-state index contributed by atoms with van der Waals surface area (Å²) in [6, 6.07) is 5.58. The van der Waals surface area contributed by atoms with Gasteiger partial charge in [-0.25, -0.2) is 5.43 Å². The third-order valence-corrected chi connectivity index (χ3v) is 4.16. The number of rotatable bonds is 3. The van der Waals surface area contributed by atoms with E-state index in [1.54, 1.807) is 12.3 Å². The highest BCUT2D eigenvalue weighted by Crippen LogP contribution is 2.21. The molecule has 2 amide bonds. The summed E-state index contributed by atoms with van der Waals surface area (Å²) in [5.41, 5.74) is 4.97. The quantitative estimate of drug-likeness (QED) is 0.512. The standard InChI is InChI=1S/C17H23N3O2/c1-12-7-6-10-15(13(12)2)19-16(21)17(22)20-18-11-14-8-4-3-5-9-14/h6-7,10-11,14H,3-5,8-9H2,1-2H3,(H,19,21)(H,20,22). The van der Waals surface area contributed by atoms with E-state index in [4.69, 9.17) is 0 Å². The molecule has 118 valence electrons. The minimum Gasteiger partial charge on any atom is -0.317 e. The van der Waals surface area contributed by atoms with Crippen LogP contribution in [0.1, 0.15) is 43.2 Å². The SMILES string of the molecule is Cc1cccc(NC(=O)C(=O)NN=CC2CCCCC2)c1C. The number of nitrogens with zero attached hydrogens (tertiary/aromatic N) is 1. The Morgan fingerprint density at radius 1 is 1.14 bits per heavy atom. The second-order valence-electron chi connectivity index (χ2n) is 5.82. The van der Waals surface area contributed by atoms with Crippen LogP contribution in [-0.4, -0.2) is 18.0 Å². The van der Waals surface area contributed by atoms with Crippen molar-refractivity contribution >= 4 is 23.7 Å². The summed E-state index contributed by atoms with van der Waals surface area (Å²) in [5.74, 6) is -1.03. The van der Waals surface area contributed by atoms with Gasteiger partial charge in [0.2, 0.25) is 0 Å². The van der Waals surface area contributed by atoms with Gasteiger partial charge in [0.05, 0.1) is 0 Å². The van der Waals surface area contributed by atoms with Gasteiger partial charge in [0, 0.05) is 11.9 Å². The molecule has 0 heterocycles. The smallest absolute Gasteiger partial charge is 0.317 e. The van der Waals surface area contributed by atoms with E-state index < -0.39 is 11.8 Å². The van der Waals surface area contributed by atoms with Crippen LogP contribution in [0.5, 0.6) is 0 Å². The molecule has 0 saturated heterocycles. The molecule has 0 radical (unpaired) electrons. The van der Waals surface area contributed by atoms with Crippen LogP contribution in [0.3, 0.4) is 0 Å². The summed E-state index contributed by atoms with van der Waals surface area (Å²) in [5, 5.41) is 6.53. The van der Waals surface area contributed by atoms with Crippen molar-refractivity contribution < 1.29 is 9.59 Å². The molecule has 2 rings (SSSR count). The van der Waals surface area contributed by atoms with Gasteiger partial charge in [0.1, 0.15) is 0 Å². The van der Waals surface area contributed by atoms with Crippen LogP contribution in [0.25, 0.3) is 0 Å². The van der Waals surface area contributed by atoms with Crippen LogP contribution in [0.2, 0.25) is 0 Å². The van der Waals surface area contributed by atoms with Gasteiger partial charge in [-0.05, 0) is 49.8 Å². The van der Waals surface area contributed by atoms with E-state index >= 15 is 0 Å². The first-order chi connectivity index (χ1) is 10.6. The summed E-state index contributed by atoms with van der Waals surface area (Å²) >= 11 is 0. The second kappa shape index (κ2) is 7.73. The van der Waals surface area contributed by atoms with Gasteiger partial charge in [0.25, 0.3) is 0 Å². The summed E-state index contributed by atoms with van der Waals surface area (Å²) in [7, 11) is 0. The third-order valence-electron chi connectivity index (χ3n) is 4.16. The molecule has 5 heteroatoms. The van der Waals surface area contributed by atoms with Gasteiger partial charge >= 0.3 is 11.8 Å². The topological polar surface area (TPSA) is 70.6 Å². The minimum atomic E-state index is -0.743. The summed E-state index contributed by atoms with van der Waals surface area (Å²) < 4.78 is 0. The van der Waals surface area contributed by atoms with Crippen LogP contribution in [0, 0.1) is 19.8 Å². The number of amides is 2. The van der Waals surface area contributed by atoms with Crippen molar-refractivity contribution in [1.82, 2.24) is 5.43 Å². The van der Waals surface area contributed by atoms with Crippen molar-refractivity contribution in [2.24, 2.45) is 11.0 Å². The fourth-order valence-electron chi connectivity index (χ4n) is 2.60. The van der Waals surface area contributed by atoms with Crippen LogP contribution < -0.4 is 10.7 Å². The van der Waals surface area contributed by atoms with Crippen molar-refractivity contribution in [1.29, 1.82) is 0 Å². The Labute approximate surface area is 131 Å². The van der Waals surface area contributed by atoms with Crippen LogP contribution in [0.4, 0.5) is 5.69 Å². The normalized spacial score (nSPS) is 15.7. The fourth-order valence-corrected chi connectivity index (χ4v) is 2.60. The molecule has 0 bridgehead atoms. The lowest BCUT2D eigenvalue weighted by atomic mass is 9.90. The Hall–Kier alpha value is -2.17. The zero-order valence-electron chi connectivity index (χ0n) is 13.2. The summed E-state index contributed by atoms with van der Waals surface area (Å²) in [6.07, 6.45) is 7.65. The Kier molecular flexibility index (Phi) is 5.69. The molecule has 5 nitrogen and oxygen atoms in total. The molecule has 1 aliphatic carbocycles. The second-order valence-corrected chi connectivity index (χ2v) is 5.82. The third kappa shape index (κ3) is 4.41. The zero-order chi connectivity index (χ0) is 15.9. The first kappa shape index (κ1) is 16.2. The Balaban J connectivity index is 1.85. The minimum absolute atomic E-state index is 0.413. The summed E-state index contributed by atoms with van der Waals surface area (Å²) in [6.45, 7) is 3.86. The highest BCUT2D eigenvalue weighted by Gasteiger charge is 2.15. The first-order valence-electron chi connectivity index (χ1n) is 7.78. The van der Waals surface area contributed by atoms with Gasteiger partial charge in [-0.1, -0.05) is 31.4 Å². The van der Waals surface area contributed by atoms with Gasteiger partial charge in [-0.3, -0.25) is 9.59 Å². The lowest BCUT2D eigenvalue weighted by Gasteiger charge is -2.16. The molecule has 1 aromatic rings. The molecule has 1 fully saturated rings. The lowest BCUT2D eigenvalue weighted by Crippen LogP contribution is -2.32. The van der Waals surface area contributed by atoms with Crippen molar-refractivity contribution in [2.45, 2.75) is 46.0 Å². The van der Waals surface area contributed by atoms with E-state index in [9.17, 15) is 9.59 Å². The number of benzene rings is 1. The first-order valence-corrected chi connectivity index (χ1v) is 7.78. The zero-order valence-corrected chi connectivity index (χ0v) is 13.2. The predicted octanol–water partition coefficient (Wildman–Crippen LogP) is 2.92. The average Bonchev–Trinajstić information content (AvgIpc) is 2.52. The number of hydrazone groups is 1. The average molecular weight is 301 g/mol. The van der Waals surface area contributed by atoms with E-state index in [0.29, 0.717) is 11.6 Å². The fraction of sp³-hybridized carbons (Fsp3) is 0.471. The van der Waals surface area contributed by atoms with E-state index in [1.165, 1.54) is 19.3 Å². The molecule has 0 unspecified atom stereocenters. The molecule has 1 aliphatic rings. The van der Waals surface area contributed by atoms with Gasteiger partial charge < -0.3 is 5.32 Å². The van der Waals surface area contributed by atoms with Crippen molar-refractivity contribution in [3.05, 3.63) is 29.3 Å². The van der Waals surface area contributed by atoms with E-state index in [-0.39, 0.29) is 0 Å². The number of aryl methyl sites for hydroxylation is 1. The van der Waals surface area contributed by atoms with E-state index in [0.717, 1.165) is 24.0 Å². The Morgan fingerprint density at radius 2 is 1.86 bits per heavy atom. The number of nitrogens with one attached hydrogen (secondary N) is 2. The molecular formula is C17H23N3O2. The van der Waals surface area contributed by atoms with Crippen molar-refractivity contribution in [3.8, 4) is 0 Å². The maximum absolute atomic E-state index is 11.9. The molecule has 1 saturated carbocycles. The monoisotopic (exact) mass is 301 g/mol. The maximum Gasteiger partial charge on any atom is 0.329 e. The largest absolute Gasteiger partial charge is 0.329 e. The van der Waals surface area contributed by atoms with Crippen molar-refractivity contribution in [3.63, 3.8) is 0 Å². The number of hydrogen-bond donors (Lipinski definition) is 2. The van der Waals surface area contributed by atoms with Gasteiger partial charge in [0.15, 0.2) is 0 Å². The number of anilines is 1. The molecule has 2 N–H and O–H groups in total. The highest BCUT2D eigenvalue weighted by molar-refractivity contribution is 6.39. The summed E-state index contributed by atoms with van der Waals surface area (Å²) in [4.78, 5) is 23.6. The molecule has 0 spiro atoms. The Morgan fingerprint density at radius 3 is 2.59 bits per heavy atom. The van der Waals surface area contributed by atoms with E-state index in [2.05, 4.69) is 15.8 Å². The molecule has 1 aromatic carbocycles. The molecule has 0 atom stereocenters.